The number of hydrogen-bond acceptors (Lipinski definition) is 2. The van der Waals surface area contributed by atoms with Gasteiger partial charge in [-0.3, -0.25) is 4.98 Å². The Hall–Kier alpha value is -0.570. The molecule has 3 heteroatoms. The average molecular weight is 272 g/mol. The van der Waals surface area contributed by atoms with Gasteiger partial charge in [-0.1, -0.05) is 32.6 Å². The predicted octanol–water partition coefficient (Wildman–Crippen LogP) is 4.19. The second-order valence-electron chi connectivity index (χ2n) is 3.60. The molecule has 0 fully saturated rings. The highest BCUT2D eigenvalue weighted by molar-refractivity contribution is 9.10. The van der Waals surface area contributed by atoms with E-state index < -0.39 is 0 Å². The lowest BCUT2D eigenvalue weighted by atomic mass is 10.2. The van der Waals surface area contributed by atoms with Crippen molar-refractivity contribution in [2.45, 2.75) is 39.0 Å². The summed E-state index contributed by atoms with van der Waals surface area (Å²) in [5.74, 6) is 0.847. The Kier molecular flexibility index (Phi) is 6.41. The van der Waals surface area contributed by atoms with E-state index in [1.807, 2.05) is 6.07 Å². The summed E-state index contributed by atoms with van der Waals surface area (Å²) in [5.41, 5.74) is 0. The van der Waals surface area contributed by atoms with Crippen LogP contribution in [0.4, 0.5) is 0 Å². The average Bonchev–Trinajstić information content (AvgIpc) is 2.23. The summed E-state index contributed by atoms with van der Waals surface area (Å²) in [6, 6.07) is 1.94. The molecule has 1 aromatic rings. The van der Waals surface area contributed by atoms with Crippen LogP contribution in [0.25, 0.3) is 0 Å². The summed E-state index contributed by atoms with van der Waals surface area (Å²) >= 11 is 3.36. The number of ether oxygens (including phenoxy) is 1. The van der Waals surface area contributed by atoms with Crippen LogP contribution in [0.5, 0.6) is 5.75 Å². The van der Waals surface area contributed by atoms with E-state index in [0.29, 0.717) is 0 Å². The zero-order valence-electron chi connectivity index (χ0n) is 9.21. The van der Waals surface area contributed by atoms with Crippen molar-refractivity contribution >= 4 is 15.9 Å². The lowest BCUT2D eigenvalue weighted by Crippen LogP contribution is -1.97. The number of halogens is 1. The van der Waals surface area contributed by atoms with E-state index in [-0.39, 0.29) is 0 Å². The fourth-order valence-corrected chi connectivity index (χ4v) is 1.71. The Morgan fingerprint density at radius 2 is 2.00 bits per heavy atom. The smallest absolute Gasteiger partial charge is 0.138 e. The van der Waals surface area contributed by atoms with E-state index in [4.69, 9.17) is 4.74 Å². The molecule has 0 bridgehead atoms. The standard InChI is InChI=1S/C12H18BrNO/c1-2-3-4-5-6-7-15-12-8-11(13)9-14-10-12/h8-10H,2-7H2,1H3. The SMILES string of the molecule is CCCCCCCOc1cncc(Br)c1. The first-order chi connectivity index (χ1) is 7.33. The number of nitrogens with zero attached hydrogens (tertiary/aromatic N) is 1. The van der Waals surface area contributed by atoms with Gasteiger partial charge in [-0.15, -0.1) is 0 Å². The Morgan fingerprint density at radius 1 is 1.20 bits per heavy atom. The van der Waals surface area contributed by atoms with Crippen LogP contribution in [0.2, 0.25) is 0 Å². The maximum absolute atomic E-state index is 5.57. The Balaban J connectivity index is 2.10. The van der Waals surface area contributed by atoms with Gasteiger partial charge in [-0.2, -0.15) is 0 Å². The molecule has 0 aliphatic heterocycles. The molecular weight excluding hydrogens is 254 g/mol. The highest BCUT2D eigenvalue weighted by Gasteiger charge is 1.95. The highest BCUT2D eigenvalue weighted by Crippen LogP contribution is 2.16. The molecule has 0 aliphatic carbocycles. The van der Waals surface area contributed by atoms with Crippen LogP contribution in [-0.4, -0.2) is 11.6 Å². The van der Waals surface area contributed by atoms with E-state index in [1.165, 1.54) is 25.7 Å². The molecule has 0 radical (unpaired) electrons. The van der Waals surface area contributed by atoms with Gasteiger partial charge in [0.05, 0.1) is 12.8 Å². The molecule has 0 N–H and O–H groups in total. The third-order valence-electron chi connectivity index (χ3n) is 2.20. The summed E-state index contributed by atoms with van der Waals surface area (Å²) in [7, 11) is 0. The van der Waals surface area contributed by atoms with Crippen LogP contribution in [-0.2, 0) is 0 Å². The molecule has 0 spiro atoms. The fraction of sp³-hybridized carbons (Fsp3) is 0.583. The molecule has 0 atom stereocenters. The third kappa shape index (κ3) is 5.78. The molecule has 0 aliphatic rings. The van der Waals surface area contributed by atoms with Crippen LogP contribution < -0.4 is 4.74 Å². The minimum Gasteiger partial charge on any atom is -0.492 e. The Morgan fingerprint density at radius 3 is 2.73 bits per heavy atom. The number of hydrogen-bond donors (Lipinski definition) is 0. The van der Waals surface area contributed by atoms with Crippen molar-refractivity contribution in [2.75, 3.05) is 6.61 Å². The van der Waals surface area contributed by atoms with Crippen LogP contribution in [0.1, 0.15) is 39.0 Å². The maximum Gasteiger partial charge on any atom is 0.138 e. The van der Waals surface area contributed by atoms with Gasteiger partial charge in [-0.25, -0.2) is 0 Å². The topological polar surface area (TPSA) is 22.1 Å². The zero-order chi connectivity index (χ0) is 10.9. The van der Waals surface area contributed by atoms with Crippen molar-refractivity contribution in [2.24, 2.45) is 0 Å². The monoisotopic (exact) mass is 271 g/mol. The second kappa shape index (κ2) is 7.69. The largest absolute Gasteiger partial charge is 0.492 e. The number of pyridine rings is 1. The van der Waals surface area contributed by atoms with Gasteiger partial charge < -0.3 is 4.74 Å². The van der Waals surface area contributed by atoms with Crippen molar-refractivity contribution < 1.29 is 4.74 Å². The lowest BCUT2D eigenvalue weighted by Gasteiger charge is -2.05. The minimum atomic E-state index is 0.793. The summed E-state index contributed by atoms with van der Waals surface area (Å²) < 4.78 is 6.54. The normalized spacial score (nSPS) is 10.3. The molecule has 1 aromatic heterocycles. The molecule has 0 saturated carbocycles. The molecule has 15 heavy (non-hydrogen) atoms. The van der Waals surface area contributed by atoms with Gasteiger partial charge in [0.2, 0.25) is 0 Å². The van der Waals surface area contributed by atoms with E-state index in [2.05, 4.69) is 27.8 Å². The third-order valence-corrected chi connectivity index (χ3v) is 2.63. The number of rotatable bonds is 7. The zero-order valence-corrected chi connectivity index (χ0v) is 10.8. The first kappa shape index (κ1) is 12.5. The first-order valence-corrected chi connectivity index (χ1v) is 6.35. The van der Waals surface area contributed by atoms with Crippen LogP contribution in [0, 0.1) is 0 Å². The van der Waals surface area contributed by atoms with Crippen molar-refractivity contribution in [3.63, 3.8) is 0 Å². The summed E-state index contributed by atoms with van der Waals surface area (Å²) in [4.78, 5) is 4.04. The molecule has 0 amide bonds. The summed E-state index contributed by atoms with van der Waals surface area (Å²) in [5, 5.41) is 0. The minimum absolute atomic E-state index is 0.793. The molecule has 0 unspecified atom stereocenters. The van der Waals surface area contributed by atoms with E-state index in [0.717, 1.165) is 23.2 Å². The van der Waals surface area contributed by atoms with E-state index >= 15 is 0 Å². The summed E-state index contributed by atoms with van der Waals surface area (Å²) in [6.45, 7) is 3.02. The quantitative estimate of drug-likeness (QED) is 0.694. The van der Waals surface area contributed by atoms with Gasteiger partial charge in [0.1, 0.15) is 5.75 Å². The predicted molar refractivity (Wildman–Crippen MR) is 66.2 cm³/mol. The molecule has 1 heterocycles. The molecular formula is C12H18BrNO. The fourth-order valence-electron chi connectivity index (χ4n) is 1.37. The Labute approximate surface area is 100 Å². The van der Waals surface area contributed by atoms with Crippen molar-refractivity contribution in [3.8, 4) is 5.75 Å². The van der Waals surface area contributed by atoms with Gasteiger partial charge in [0, 0.05) is 10.7 Å². The number of unbranched alkanes of at least 4 members (excludes halogenated alkanes) is 4. The summed E-state index contributed by atoms with van der Waals surface area (Å²) in [6.07, 6.45) is 9.83. The van der Waals surface area contributed by atoms with Gasteiger partial charge in [-0.05, 0) is 28.4 Å². The lowest BCUT2D eigenvalue weighted by molar-refractivity contribution is 0.303. The van der Waals surface area contributed by atoms with Crippen molar-refractivity contribution in [1.29, 1.82) is 0 Å². The van der Waals surface area contributed by atoms with E-state index in [1.54, 1.807) is 12.4 Å². The highest BCUT2D eigenvalue weighted by atomic mass is 79.9. The molecule has 2 nitrogen and oxygen atoms in total. The van der Waals surface area contributed by atoms with Gasteiger partial charge in [0.15, 0.2) is 0 Å². The van der Waals surface area contributed by atoms with Crippen molar-refractivity contribution in [1.82, 2.24) is 4.98 Å². The van der Waals surface area contributed by atoms with E-state index in [9.17, 15) is 0 Å². The van der Waals surface area contributed by atoms with Gasteiger partial charge >= 0.3 is 0 Å². The maximum atomic E-state index is 5.57. The van der Waals surface area contributed by atoms with Crippen LogP contribution in [0.3, 0.4) is 0 Å². The van der Waals surface area contributed by atoms with Gasteiger partial charge in [0.25, 0.3) is 0 Å². The van der Waals surface area contributed by atoms with Crippen molar-refractivity contribution in [3.05, 3.63) is 22.9 Å². The molecule has 1 rings (SSSR count). The molecule has 0 aromatic carbocycles. The molecule has 84 valence electrons. The van der Waals surface area contributed by atoms with Crippen LogP contribution in [0.15, 0.2) is 22.9 Å². The molecule has 0 saturated heterocycles. The number of aromatic nitrogens is 1. The Bertz CT molecular complexity index is 278. The second-order valence-corrected chi connectivity index (χ2v) is 4.52. The first-order valence-electron chi connectivity index (χ1n) is 5.56. The van der Waals surface area contributed by atoms with Crippen LogP contribution >= 0.6 is 15.9 Å².